The van der Waals surface area contributed by atoms with E-state index in [0.29, 0.717) is 30.3 Å². The molecule has 1 aromatic heterocycles. The summed E-state index contributed by atoms with van der Waals surface area (Å²) in [6, 6.07) is 10.9. The largest absolute Gasteiger partial charge is 0.508 e. The summed E-state index contributed by atoms with van der Waals surface area (Å²) in [6.07, 6.45) is 4.97. The van der Waals surface area contributed by atoms with Gasteiger partial charge in [-0.1, -0.05) is 6.92 Å². The molecule has 0 fully saturated rings. The molecule has 3 N–H and O–H groups in total. The van der Waals surface area contributed by atoms with Crippen molar-refractivity contribution in [3.05, 3.63) is 53.9 Å². The molecule has 156 valence electrons. The van der Waals surface area contributed by atoms with Crippen molar-refractivity contribution in [1.29, 1.82) is 0 Å². The first kappa shape index (κ1) is 22.8. The van der Waals surface area contributed by atoms with Crippen LogP contribution in [0.3, 0.4) is 0 Å². The lowest BCUT2D eigenvalue weighted by atomic mass is 10.2. The normalized spacial score (nSPS) is 11.0. The molecule has 0 aliphatic carbocycles. The number of amides is 1. The van der Waals surface area contributed by atoms with E-state index in [2.05, 4.69) is 15.6 Å². The summed E-state index contributed by atoms with van der Waals surface area (Å²) >= 11 is 1.63. The summed E-state index contributed by atoms with van der Waals surface area (Å²) in [5.41, 5.74) is 1.54. The number of thioether (sulfide) groups is 1. The molecular formula is C22H29N3O3S. The minimum atomic E-state index is -0.145. The third kappa shape index (κ3) is 8.58. The lowest BCUT2D eigenvalue weighted by Crippen LogP contribution is -2.24. The summed E-state index contributed by atoms with van der Waals surface area (Å²) < 4.78 is 5.77. The molecule has 0 saturated carbocycles. The first-order valence-corrected chi connectivity index (χ1v) is 10.8. The number of carbonyl (C=O) groups excluding carboxylic acids is 1. The van der Waals surface area contributed by atoms with Gasteiger partial charge in [0.25, 0.3) is 0 Å². The molecule has 6 nitrogen and oxygen atoms in total. The summed E-state index contributed by atoms with van der Waals surface area (Å²) in [6.45, 7) is 4.13. The minimum absolute atomic E-state index is 0.145. The number of hydrogen-bond donors (Lipinski definition) is 3. The van der Waals surface area contributed by atoms with Gasteiger partial charge in [-0.05, 0) is 68.9 Å². The van der Waals surface area contributed by atoms with Gasteiger partial charge in [0.1, 0.15) is 17.2 Å². The number of pyridine rings is 1. The smallest absolute Gasteiger partial charge is 0.244 e. The van der Waals surface area contributed by atoms with Crippen LogP contribution in [0.15, 0.2) is 47.4 Å². The zero-order valence-corrected chi connectivity index (χ0v) is 17.8. The van der Waals surface area contributed by atoms with Crippen LogP contribution in [0, 0.1) is 0 Å². The zero-order chi connectivity index (χ0) is 20.9. The monoisotopic (exact) mass is 415 g/mol. The minimum Gasteiger partial charge on any atom is -0.508 e. The summed E-state index contributed by atoms with van der Waals surface area (Å²) in [5.74, 6) is 1.45. The molecule has 1 heterocycles. The van der Waals surface area contributed by atoms with Crippen LogP contribution in [-0.4, -0.2) is 42.7 Å². The fourth-order valence-electron chi connectivity index (χ4n) is 2.43. The van der Waals surface area contributed by atoms with Gasteiger partial charge >= 0.3 is 0 Å². The van der Waals surface area contributed by atoms with E-state index in [-0.39, 0.29) is 11.7 Å². The Bertz CT molecular complexity index is 794. The Labute approximate surface area is 176 Å². The van der Waals surface area contributed by atoms with E-state index < -0.39 is 0 Å². The number of rotatable bonds is 12. The number of benzene rings is 1. The average Bonchev–Trinajstić information content (AvgIpc) is 2.74. The lowest BCUT2D eigenvalue weighted by molar-refractivity contribution is -0.116. The maximum Gasteiger partial charge on any atom is 0.244 e. The maximum absolute atomic E-state index is 12.0. The van der Waals surface area contributed by atoms with Crippen LogP contribution in [0.2, 0.25) is 0 Å². The Balaban J connectivity index is 2.03. The Kier molecular flexibility index (Phi) is 10.1. The van der Waals surface area contributed by atoms with Crippen molar-refractivity contribution in [2.45, 2.75) is 30.4 Å². The van der Waals surface area contributed by atoms with Crippen molar-refractivity contribution < 1.29 is 14.6 Å². The van der Waals surface area contributed by atoms with Crippen LogP contribution in [0.5, 0.6) is 11.5 Å². The van der Waals surface area contributed by atoms with E-state index >= 15 is 0 Å². The number of hydrogen-bond acceptors (Lipinski definition) is 6. The predicted molar refractivity (Wildman–Crippen MR) is 118 cm³/mol. The second-order valence-electron chi connectivity index (χ2n) is 6.40. The average molecular weight is 416 g/mol. The number of phenols is 1. The van der Waals surface area contributed by atoms with Crippen molar-refractivity contribution >= 4 is 23.7 Å². The van der Waals surface area contributed by atoms with Crippen molar-refractivity contribution in [2.24, 2.45) is 0 Å². The highest BCUT2D eigenvalue weighted by Gasteiger charge is 2.07. The molecule has 0 saturated heterocycles. The maximum atomic E-state index is 12.0. The summed E-state index contributed by atoms with van der Waals surface area (Å²) in [5, 5.41) is 15.3. The van der Waals surface area contributed by atoms with E-state index in [1.165, 1.54) is 6.08 Å². The van der Waals surface area contributed by atoms with Crippen LogP contribution in [-0.2, 0) is 10.5 Å². The fraction of sp³-hybridized carbons (Fsp3) is 0.364. The third-order valence-corrected chi connectivity index (χ3v) is 4.97. The van der Waals surface area contributed by atoms with E-state index in [1.807, 2.05) is 38.2 Å². The van der Waals surface area contributed by atoms with Crippen molar-refractivity contribution in [1.82, 2.24) is 15.6 Å². The van der Waals surface area contributed by atoms with Gasteiger partial charge in [0.15, 0.2) is 0 Å². The number of nitrogens with zero attached hydrogens (tertiary/aromatic N) is 1. The molecule has 7 heteroatoms. The molecular weight excluding hydrogens is 386 g/mol. The molecule has 0 atom stereocenters. The third-order valence-electron chi connectivity index (χ3n) is 3.92. The van der Waals surface area contributed by atoms with E-state index in [1.54, 1.807) is 30.0 Å². The van der Waals surface area contributed by atoms with Crippen LogP contribution in [0.25, 0.3) is 6.08 Å². The van der Waals surface area contributed by atoms with Crippen LogP contribution < -0.4 is 15.4 Å². The molecule has 29 heavy (non-hydrogen) atoms. The Morgan fingerprint density at radius 2 is 2.00 bits per heavy atom. The molecule has 1 aromatic carbocycles. The zero-order valence-electron chi connectivity index (χ0n) is 17.0. The number of ether oxygens (including phenoxy) is 1. The Morgan fingerprint density at radius 3 is 2.72 bits per heavy atom. The molecule has 2 aromatic rings. The SMILES string of the molecule is CCCOc1ccc(CSc2ccc(O)cc2)nc1/C=C/C(=O)NCCCNC. The van der Waals surface area contributed by atoms with E-state index in [4.69, 9.17) is 4.74 Å². The number of phenolic OH excluding ortho intramolecular Hbond substituents is 1. The Morgan fingerprint density at radius 1 is 1.21 bits per heavy atom. The lowest BCUT2D eigenvalue weighted by Gasteiger charge is -2.10. The molecule has 0 spiro atoms. The van der Waals surface area contributed by atoms with Gasteiger partial charge in [-0.25, -0.2) is 4.98 Å². The fourth-order valence-corrected chi connectivity index (χ4v) is 3.23. The van der Waals surface area contributed by atoms with Crippen molar-refractivity contribution in [2.75, 3.05) is 26.7 Å². The van der Waals surface area contributed by atoms with Gasteiger partial charge < -0.3 is 20.5 Å². The summed E-state index contributed by atoms with van der Waals surface area (Å²) in [7, 11) is 1.89. The quantitative estimate of drug-likeness (QED) is 0.279. The number of aromatic nitrogens is 1. The molecule has 0 bridgehead atoms. The van der Waals surface area contributed by atoms with Gasteiger partial charge in [0.05, 0.1) is 12.3 Å². The standard InChI is InChI=1S/C22H29N3O3S/c1-3-15-28-21-11-5-17(16-29-19-8-6-18(26)7-9-19)25-20(21)10-12-22(27)24-14-4-13-23-2/h5-12,23,26H,3-4,13-16H2,1-2H3,(H,24,27)/b12-10+. The van der Waals surface area contributed by atoms with Gasteiger partial charge in [0, 0.05) is 23.3 Å². The van der Waals surface area contributed by atoms with Crippen LogP contribution >= 0.6 is 11.8 Å². The van der Waals surface area contributed by atoms with Gasteiger partial charge in [-0.2, -0.15) is 0 Å². The van der Waals surface area contributed by atoms with Crippen LogP contribution in [0.1, 0.15) is 31.2 Å². The highest BCUT2D eigenvalue weighted by molar-refractivity contribution is 7.98. The predicted octanol–water partition coefficient (Wildman–Crippen LogP) is 3.61. The number of carbonyl (C=O) groups is 1. The molecule has 1 amide bonds. The molecule has 0 aliphatic heterocycles. The van der Waals surface area contributed by atoms with Gasteiger partial charge in [-0.15, -0.1) is 11.8 Å². The Hall–Kier alpha value is -2.51. The molecule has 0 aliphatic rings. The first-order chi connectivity index (χ1) is 14.1. The first-order valence-electron chi connectivity index (χ1n) is 9.77. The number of nitrogens with one attached hydrogen (secondary N) is 2. The van der Waals surface area contributed by atoms with E-state index in [9.17, 15) is 9.90 Å². The van der Waals surface area contributed by atoms with Crippen LogP contribution in [0.4, 0.5) is 0 Å². The second-order valence-corrected chi connectivity index (χ2v) is 7.45. The molecule has 0 unspecified atom stereocenters. The highest BCUT2D eigenvalue weighted by Crippen LogP contribution is 2.26. The number of aromatic hydroxyl groups is 1. The van der Waals surface area contributed by atoms with Gasteiger partial charge in [-0.3, -0.25) is 4.79 Å². The molecule has 0 radical (unpaired) electrons. The van der Waals surface area contributed by atoms with Gasteiger partial charge in [0.2, 0.25) is 5.91 Å². The highest BCUT2D eigenvalue weighted by atomic mass is 32.2. The second kappa shape index (κ2) is 12.9. The van der Waals surface area contributed by atoms with E-state index in [0.717, 1.165) is 30.0 Å². The summed E-state index contributed by atoms with van der Waals surface area (Å²) in [4.78, 5) is 17.7. The van der Waals surface area contributed by atoms with Crippen molar-refractivity contribution in [3.63, 3.8) is 0 Å². The topological polar surface area (TPSA) is 83.5 Å². The molecule has 2 rings (SSSR count). The van der Waals surface area contributed by atoms with Crippen molar-refractivity contribution in [3.8, 4) is 11.5 Å².